The van der Waals surface area contributed by atoms with Crippen LogP contribution < -0.4 is 0 Å². The van der Waals surface area contributed by atoms with Gasteiger partial charge in [-0.3, -0.25) is 0 Å². The van der Waals surface area contributed by atoms with Crippen molar-refractivity contribution in [3.63, 3.8) is 0 Å². The van der Waals surface area contributed by atoms with Crippen molar-refractivity contribution in [1.29, 1.82) is 0 Å². The van der Waals surface area contributed by atoms with Gasteiger partial charge in [0.15, 0.2) is 0 Å². The third kappa shape index (κ3) is 1.36. The zero-order chi connectivity index (χ0) is 8.65. The minimum absolute atomic E-state index is 0.622. The molecule has 0 saturated heterocycles. The Labute approximate surface area is 70.7 Å². The van der Waals surface area contributed by atoms with Gasteiger partial charge in [-0.25, -0.2) is 0 Å². The number of hydrogen-bond acceptors (Lipinski definition) is 0. The van der Waals surface area contributed by atoms with E-state index in [4.69, 9.17) is 0 Å². The highest BCUT2D eigenvalue weighted by molar-refractivity contribution is 5.11. The lowest BCUT2D eigenvalue weighted by Gasteiger charge is -2.10. The maximum Gasteiger partial charge on any atom is -0.0232 e. The molecule has 0 aromatic carbocycles. The van der Waals surface area contributed by atoms with Crippen molar-refractivity contribution in [3.8, 4) is 0 Å². The predicted octanol–water partition coefficient (Wildman–Crippen LogP) is 3.63. The van der Waals surface area contributed by atoms with Crippen molar-refractivity contribution in [3.05, 3.63) is 11.6 Å². The second-order valence-electron chi connectivity index (χ2n) is 4.39. The standard InChI is InChI=1S/C11H20/c1-6-8(2)7-11(5)9(3)10(11)4/h6,9-10H,7H2,1-5H3. The molecule has 0 amide bonds. The molecule has 2 atom stereocenters. The molecule has 11 heavy (non-hydrogen) atoms. The molecule has 1 fully saturated rings. The lowest BCUT2D eigenvalue weighted by molar-refractivity contribution is 0.490. The van der Waals surface area contributed by atoms with Gasteiger partial charge in [0.2, 0.25) is 0 Å². The first-order chi connectivity index (χ1) is 5.02. The summed E-state index contributed by atoms with van der Waals surface area (Å²) in [4.78, 5) is 0. The topological polar surface area (TPSA) is 0 Å². The second-order valence-corrected chi connectivity index (χ2v) is 4.39. The summed E-state index contributed by atoms with van der Waals surface area (Å²) in [6, 6.07) is 0. The summed E-state index contributed by atoms with van der Waals surface area (Å²) >= 11 is 0. The summed E-state index contributed by atoms with van der Waals surface area (Å²) in [5.74, 6) is 1.86. The van der Waals surface area contributed by atoms with Crippen LogP contribution in [0.15, 0.2) is 11.6 Å². The molecular formula is C11H20. The third-order valence-corrected chi connectivity index (χ3v) is 3.87. The summed E-state index contributed by atoms with van der Waals surface area (Å²) in [7, 11) is 0. The van der Waals surface area contributed by atoms with Gasteiger partial charge in [0.1, 0.15) is 0 Å². The molecule has 1 aliphatic carbocycles. The third-order valence-electron chi connectivity index (χ3n) is 3.87. The Bertz CT molecular complexity index is 168. The van der Waals surface area contributed by atoms with Crippen LogP contribution in [0.4, 0.5) is 0 Å². The van der Waals surface area contributed by atoms with Crippen LogP contribution in [0.2, 0.25) is 0 Å². The molecule has 0 bridgehead atoms. The van der Waals surface area contributed by atoms with E-state index in [0.717, 1.165) is 11.8 Å². The zero-order valence-electron chi connectivity index (χ0n) is 8.44. The van der Waals surface area contributed by atoms with E-state index in [2.05, 4.69) is 40.7 Å². The molecule has 0 heteroatoms. The van der Waals surface area contributed by atoms with Gasteiger partial charge in [-0.05, 0) is 37.5 Å². The minimum Gasteiger partial charge on any atom is -0.0887 e. The van der Waals surface area contributed by atoms with Crippen LogP contribution in [-0.4, -0.2) is 0 Å². The van der Waals surface area contributed by atoms with Gasteiger partial charge in [-0.15, -0.1) is 0 Å². The maximum atomic E-state index is 2.41. The Kier molecular flexibility index (Phi) is 2.13. The minimum atomic E-state index is 0.622. The lowest BCUT2D eigenvalue weighted by atomic mass is 9.95. The van der Waals surface area contributed by atoms with E-state index < -0.39 is 0 Å². The summed E-state index contributed by atoms with van der Waals surface area (Å²) in [6.07, 6.45) is 3.54. The normalized spacial score (nSPS) is 44.3. The SMILES string of the molecule is CC=C(C)CC1(C)C(C)C1C. The highest BCUT2D eigenvalue weighted by Crippen LogP contribution is 2.61. The van der Waals surface area contributed by atoms with Crippen molar-refractivity contribution in [2.45, 2.75) is 41.0 Å². The molecule has 0 radical (unpaired) electrons. The molecule has 1 saturated carbocycles. The van der Waals surface area contributed by atoms with Crippen molar-refractivity contribution in [2.24, 2.45) is 17.3 Å². The average Bonchev–Trinajstić information content (AvgIpc) is 2.41. The Morgan fingerprint density at radius 3 is 2.09 bits per heavy atom. The number of rotatable bonds is 2. The number of allylic oxidation sites excluding steroid dienone is 2. The van der Waals surface area contributed by atoms with E-state index in [0.29, 0.717) is 5.41 Å². The van der Waals surface area contributed by atoms with E-state index in [-0.39, 0.29) is 0 Å². The zero-order valence-corrected chi connectivity index (χ0v) is 8.44. The second kappa shape index (κ2) is 2.66. The van der Waals surface area contributed by atoms with Crippen molar-refractivity contribution < 1.29 is 0 Å². The van der Waals surface area contributed by atoms with Crippen LogP contribution in [0.25, 0.3) is 0 Å². The largest absolute Gasteiger partial charge is 0.0887 e. The fourth-order valence-corrected chi connectivity index (χ4v) is 2.10. The van der Waals surface area contributed by atoms with Gasteiger partial charge >= 0.3 is 0 Å². The van der Waals surface area contributed by atoms with E-state index >= 15 is 0 Å². The van der Waals surface area contributed by atoms with Gasteiger partial charge < -0.3 is 0 Å². The average molecular weight is 152 g/mol. The molecule has 1 aliphatic rings. The van der Waals surface area contributed by atoms with Gasteiger partial charge in [0, 0.05) is 0 Å². The smallest absolute Gasteiger partial charge is 0.0232 e. The van der Waals surface area contributed by atoms with E-state index in [1.165, 1.54) is 6.42 Å². The van der Waals surface area contributed by atoms with Crippen molar-refractivity contribution in [1.82, 2.24) is 0 Å². The molecule has 0 aromatic heterocycles. The highest BCUT2D eigenvalue weighted by atomic mass is 14.6. The first-order valence-corrected chi connectivity index (χ1v) is 4.64. The molecule has 2 unspecified atom stereocenters. The summed E-state index contributed by atoms with van der Waals surface area (Å²) in [5, 5.41) is 0. The highest BCUT2D eigenvalue weighted by Gasteiger charge is 2.54. The Hall–Kier alpha value is -0.260. The lowest BCUT2D eigenvalue weighted by Crippen LogP contribution is -1.98. The molecule has 0 heterocycles. The molecule has 0 nitrogen and oxygen atoms in total. The molecule has 0 aliphatic heterocycles. The summed E-state index contributed by atoms with van der Waals surface area (Å²) < 4.78 is 0. The Morgan fingerprint density at radius 1 is 1.36 bits per heavy atom. The first kappa shape index (κ1) is 8.83. The maximum absolute atomic E-state index is 2.41. The molecule has 0 spiro atoms. The molecule has 64 valence electrons. The van der Waals surface area contributed by atoms with Gasteiger partial charge in [0.05, 0.1) is 0 Å². The molecule has 1 rings (SSSR count). The van der Waals surface area contributed by atoms with Crippen LogP contribution in [0.3, 0.4) is 0 Å². The van der Waals surface area contributed by atoms with E-state index in [1.54, 1.807) is 5.57 Å². The number of hydrogen-bond donors (Lipinski definition) is 0. The van der Waals surface area contributed by atoms with E-state index in [9.17, 15) is 0 Å². The monoisotopic (exact) mass is 152 g/mol. The van der Waals surface area contributed by atoms with Crippen LogP contribution in [0, 0.1) is 17.3 Å². The van der Waals surface area contributed by atoms with Gasteiger partial charge in [-0.2, -0.15) is 0 Å². The van der Waals surface area contributed by atoms with Crippen LogP contribution in [0.5, 0.6) is 0 Å². The van der Waals surface area contributed by atoms with Crippen LogP contribution in [-0.2, 0) is 0 Å². The molecule has 0 N–H and O–H groups in total. The predicted molar refractivity (Wildman–Crippen MR) is 50.5 cm³/mol. The van der Waals surface area contributed by atoms with Crippen molar-refractivity contribution >= 4 is 0 Å². The van der Waals surface area contributed by atoms with Crippen LogP contribution >= 0.6 is 0 Å². The van der Waals surface area contributed by atoms with Gasteiger partial charge in [-0.1, -0.05) is 32.4 Å². The Morgan fingerprint density at radius 2 is 1.82 bits per heavy atom. The summed E-state index contributed by atoms with van der Waals surface area (Å²) in [6.45, 7) is 11.5. The van der Waals surface area contributed by atoms with Crippen molar-refractivity contribution in [2.75, 3.05) is 0 Å². The van der Waals surface area contributed by atoms with Crippen LogP contribution in [0.1, 0.15) is 41.0 Å². The molecule has 0 aromatic rings. The molecular weight excluding hydrogens is 132 g/mol. The summed E-state index contributed by atoms with van der Waals surface area (Å²) in [5.41, 5.74) is 2.17. The Balaban J connectivity index is 2.52. The fraction of sp³-hybridized carbons (Fsp3) is 0.818. The van der Waals surface area contributed by atoms with Gasteiger partial charge in [0.25, 0.3) is 0 Å². The quantitative estimate of drug-likeness (QED) is 0.530. The first-order valence-electron chi connectivity index (χ1n) is 4.64. The fourth-order valence-electron chi connectivity index (χ4n) is 2.10. The van der Waals surface area contributed by atoms with E-state index in [1.807, 2.05) is 0 Å².